The maximum atomic E-state index is 10.9. The Kier molecular flexibility index (Phi) is 7.65. The molecule has 0 unspecified atom stereocenters. The molecule has 0 saturated heterocycles. The van der Waals surface area contributed by atoms with Crippen molar-refractivity contribution in [3.63, 3.8) is 0 Å². The number of hydrogen-bond acceptors (Lipinski definition) is 4. The zero-order chi connectivity index (χ0) is 38.1. The minimum absolute atomic E-state index is 0.476. The lowest BCUT2D eigenvalue weighted by Gasteiger charge is -2.19. The van der Waals surface area contributed by atoms with Crippen LogP contribution in [-0.2, 0) is 0 Å². The molecule has 56 heavy (non-hydrogen) atoms. The van der Waals surface area contributed by atoms with Crippen molar-refractivity contribution in [2.75, 3.05) is 0 Å². The first-order valence-corrected chi connectivity index (χ1v) is 18.8. The molecule has 6 nitrogen and oxygen atoms in total. The second-order valence-corrected chi connectivity index (χ2v) is 14.7. The second kappa shape index (κ2) is 12.9. The Bertz CT molecular complexity index is 3250. The molecule has 10 rings (SSSR count). The molecule has 0 fully saturated rings. The lowest BCUT2D eigenvalue weighted by atomic mass is 10.0. The van der Waals surface area contributed by atoms with Crippen molar-refractivity contribution < 1.29 is 0 Å². The molecule has 0 bridgehead atoms. The van der Waals surface area contributed by atoms with E-state index in [2.05, 4.69) is 174 Å². The molecule has 6 heteroatoms. The predicted molar refractivity (Wildman–Crippen MR) is 228 cm³/mol. The van der Waals surface area contributed by atoms with E-state index in [1.54, 1.807) is 0 Å². The molecule has 7 aromatic carbocycles. The fourth-order valence-corrected chi connectivity index (χ4v) is 8.42. The number of nitrogens with zero attached hydrogens (tertiary/aromatic N) is 6. The largest absolute Gasteiger partial charge is 0.307 e. The Morgan fingerprint density at radius 1 is 0.429 bits per heavy atom. The van der Waals surface area contributed by atoms with Crippen molar-refractivity contribution in [3.05, 3.63) is 174 Å². The van der Waals surface area contributed by atoms with Crippen LogP contribution in [0.1, 0.15) is 28.3 Å². The summed E-state index contributed by atoms with van der Waals surface area (Å²) in [5, 5.41) is 15.5. The Morgan fingerprint density at radius 3 is 1.39 bits per heavy atom. The SMILES string of the molecule is Cc1cccc(-c2ccc3c4ccccc4n(-c4cc(C#N)c(-c5nc(C)nc(C)n5)cc4-n4c5ccccc5c5ccc(-c6cccc(C)c6)cc54)c3c2)c1. The van der Waals surface area contributed by atoms with Gasteiger partial charge in [-0.05, 0) is 86.3 Å². The third-order valence-electron chi connectivity index (χ3n) is 10.9. The maximum Gasteiger partial charge on any atom is 0.164 e. The monoisotopic (exact) mass is 720 g/mol. The van der Waals surface area contributed by atoms with Crippen molar-refractivity contribution >= 4 is 43.6 Å². The number of rotatable bonds is 5. The molecule has 0 N–H and O–H groups in total. The van der Waals surface area contributed by atoms with Crippen molar-refractivity contribution in [1.29, 1.82) is 5.26 Å². The number of para-hydroxylation sites is 2. The molecule has 0 radical (unpaired) electrons. The van der Waals surface area contributed by atoms with Gasteiger partial charge in [-0.15, -0.1) is 0 Å². The molecular weight excluding hydrogens is 685 g/mol. The van der Waals surface area contributed by atoms with Crippen LogP contribution in [0.25, 0.3) is 88.6 Å². The number of fused-ring (bicyclic) bond motifs is 6. The number of benzene rings is 7. The fraction of sp³-hybridized carbons (Fsp3) is 0.0800. The normalized spacial score (nSPS) is 11.6. The summed E-state index contributed by atoms with van der Waals surface area (Å²) in [7, 11) is 0. The average Bonchev–Trinajstić information content (AvgIpc) is 3.72. The molecule has 0 saturated carbocycles. The van der Waals surface area contributed by atoms with E-state index in [0.29, 0.717) is 28.6 Å². The molecule has 0 atom stereocenters. The predicted octanol–water partition coefficient (Wildman–Crippen LogP) is 12.2. The van der Waals surface area contributed by atoms with Crippen molar-refractivity contribution in [3.8, 4) is 51.1 Å². The lowest BCUT2D eigenvalue weighted by molar-refractivity contribution is 0.927. The van der Waals surface area contributed by atoms with Gasteiger partial charge in [0.2, 0.25) is 0 Å². The molecule has 3 aromatic heterocycles. The van der Waals surface area contributed by atoms with Gasteiger partial charge in [0.05, 0.1) is 45.1 Å². The number of hydrogen-bond donors (Lipinski definition) is 0. The van der Waals surface area contributed by atoms with Crippen molar-refractivity contribution in [2.45, 2.75) is 27.7 Å². The molecule has 0 amide bonds. The van der Waals surface area contributed by atoms with Crippen molar-refractivity contribution in [2.24, 2.45) is 0 Å². The van der Waals surface area contributed by atoms with Crippen molar-refractivity contribution in [1.82, 2.24) is 24.1 Å². The topological polar surface area (TPSA) is 72.3 Å². The third kappa shape index (κ3) is 5.36. The van der Waals surface area contributed by atoms with Crippen LogP contribution in [0.3, 0.4) is 0 Å². The first-order valence-electron chi connectivity index (χ1n) is 18.8. The third-order valence-corrected chi connectivity index (χ3v) is 10.9. The van der Waals surface area contributed by atoms with Gasteiger partial charge in [-0.3, -0.25) is 0 Å². The first-order chi connectivity index (χ1) is 27.3. The molecule has 266 valence electrons. The van der Waals surface area contributed by atoms with E-state index in [-0.39, 0.29) is 0 Å². The van der Waals surface area contributed by atoms with Crippen LogP contribution in [-0.4, -0.2) is 24.1 Å². The van der Waals surface area contributed by atoms with E-state index in [1.165, 1.54) is 11.1 Å². The summed E-state index contributed by atoms with van der Waals surface area (Å²) in [6.07, 6.45) is 0. The highest BCUT2D eigenvalue weighted by Gasteiger charge is 2.24. The van der Waals surface area contributed by atoms with Crippen LogP contribution in [0, 0.1) is 39.0 Å². The molecular formula is C50H36N6. The lowest BCUT2D eigenvalue weighted by Crippen LogP contribution is -2.07. The van der Waals surface area contributed by atoms with Crippen LogP contribution in [0.15, 0.2) is 146 Å². The van der Waals surface area contributed by atoms with E-state index in [4.69, 9.17) is 9.97 Å². The second-order valence-electron chi connectivity index (χ2n) is 14.7. The highest BCUT2D eigenvalue weighted by molar-refractivity contribution is 6.12. The summed E-state index contributed by atoms with van der Waals surface area (Å²) < 4.78 is 4.69. The van der Waals surface area contributed by atoms with Gasteiger partial charge in [0.1, 0.15) is 11.6 Å². The highest BCUT2D eigenvalue weighted by Crippen LogP contribution is 2.42. The smallest absolute Gasteiger partial charge is 0.164 e. The summed E-state index contributed by atoms with van der Waals surface area (Å²) in [6, 6.07) is 54.5. The van der Waals surface area contributed by atoms with E-state index >= 15 is 0 Å². The van der Waals surface area contributed by atoms with Crippen LogP contribution in [0.4, 0.5) is 0 Å². The minimum Gasteiger partial charge on any atom is -0.307 e. The summed E-state index contributed by atoms with van der Waals surface area (Å²) >= 11 is 0. The summed E-state index contributed by atoms with van der Waals surface area (Å²) in [5.41, 5.74) is 14.1. The standard InChI is InChI=1S/C50H36N6/c1-30-11-9-13-34(23-30)36-19-21-41-39-15-5-7-17-44(39)55(46(41)25-36)48-27-38(29-51)43(50-53-32(3)52-33(4)54-50)28-49(48)56-45-18-8-6-16-40(45)42-22-20-37(26-47(42)56)35-14-10-12-31(2)24-35/h5-28H,1-4H3. The molecule has 10 aromatic rings. The Morgan fingerprint density at radius 2 is 0.893 bits per heavy atom. The molecule has 3 heterocycles. The quantitative estimate of drug-likeness (QED) is 0.177. The van der Waals surface area contributed by atoms with Gasteiger partial charge in [0.15, 0.2) is 5.82 Å². The van der Waals surface area contributed by atoms with Crippen LogP contribution >= 0.6 is 0 Å². The van der Waals surface area contributed by atoms with Gasteiger partial charge in [0.25, 0.3) is 0 Å². The number of aryl methyl sites for hydroxylation is 4. The number of aromatic nitrogens is 5. The van der Waals surface area contributed by atoms with E-state index < -0.39 is 0 Å². The van der Waals surface area contributed by atoms with E-state index in [9.17, 15) is 5.26 Å². The summed E-state index contributed by atoms with van der Waals surface area (Å²) in [4.78, 5) is 14.0. The van der Waals surface area contributed by atoms with Gasteiger partial charge >= 0.3 is 0 Å². The molecule has 0 aliphatic carbocycles. The summed E-state index contributed by atoms with van der Waals surface area (Å²) in [6.45, 7) is 7.98. The Balaban J connectivity index is 1.37. The Labute approximate surface area is 324 Å². The minimum atomic E-state index is 0.476. The molecule has 0 spiro atoms. The van der Waals surface area contributed by atoms with E-state index in [1.807, 2.05) is 19.9 Å². The van der Waals surface area contributed by atoms with Gasteiger partial charge in [-0.1, -0.05) is 120 Å². The summed E-state index contributed by atoms with van der Waals surface area (Å²) in [5.74, 6) is 1.69. The van der Waals surface area contributed by atoms with Gasteiger partial charge in [-0.2, -0.15) is 5.26 Å². The van der Waals surface area contributed by atoms with Gasteiger partial charge < -0.3 is 9.13 Å². The van der Waals surface area contributed by atoms with Crippen LogP contribution in [0.2, 0.25) is 0 Å². The fourth-order valence-electron chi connectivity index (χ4n) is 8.42. The zero-order valence-corrected chi connectivity index (χ0v) is 31.5. The average molecular weight is 721 g/mol. The Hall–Kier alpha value is -7.36. The number of nitriles is 1. The first kappa shape index (κ1) is 33.2. The molecule has 0 aliphatic heterocycles. The maximum absolute atomic E-state index is 10.9. The van der Waals surface area contributed by atoms with Crippen LogP contribution in [0.5, 0.6) is 0 Å². The van der Waals surface area contributed by atoms with Crippen LogP contribution < -0.4 is 0 Å². The molecule has 0 aliphatic rings. The zero-order valence-electron chi connectivity index (χ0n) is 31.5. The van der Waals surface area contributed by atoms with Gasteiger partial charge in [-0.25, -0.2) is 15.0 Å². The van der Waals surface area contributed by atoms with Gasteiger partial charge in [0, 0.05) is 27.1 Å². The highest BCUT2D eigenvalue weighted by atomic mass is 15.1. The van der Waals surface area contributed by atoms with E-state index in [0.717, 1.165) is 77.2 Å².